The second-order valence-corrected chi connectivity index (χ2v) is 3.47. The Morgan fingerprint density at radius 1 is 1.22 bits per heavy atom. The molecule has 18 heavy (non-hydrogen) atoms. The summed E-state index contributed by atoms with van der Waals surface area (Å²) in [5.41, 5.74) is -0.0712. The summed E-state index contributed by atoms with van der Waals surface area (Å²) in [4.78, 5) is 27.7. The number of hydrogen-bond donors (Lipinski definition) is 3. The van der Waals surface area contributed by atoms with Crippen molar-refractivity contribution in [3.8, 4) is 0 Å². The van der Waals surface area contributed by atoms with Crippen LogP contribution in [-0.2, 0) is 0 Å². The zero-order valence-corrected chi connectivity index (χ0v) is 9.61. The first-order valence-electron chi connectivity index (χ1n) is 5.30. The van der Waals surface area contributed by atoms with Crippen molar-refractivity contribution in [3.63, 3.8) is 0 Å². The van der Waals surface area contributed by atoms with Crippen LogP contribution >= 0.6 is 0 Å². The third kappa shape index (κ3) is 3.51. The van der Waals surface area contributed by atoms with Crippen molar-refractivity contribution in [1.29, 1.82) is 0 Å². The summed E-state index contributed by atoms with van der Waals surface area (Å²) < 4.78 is 0. The van der Waals surface area contributed by atoms with Gasteiger partial charge in [0.1, 0.15) is 5.69 Å². The number of aliphatic hydroxyl groups is 2. The van der Waals surface area contributed by atoms with Crippen LogP contribution in [0.5, 0.6) is 0 Å². The number of rotatable bonds is 6. The van der Waals surface area contributed by atoms with Crippen LogP contribution in [0.1, 0.15) is 20.8 Å². The number of carbonyl (C=O) groups is 2. The lowest BCUT2D eigenvalue weighted by atomic mass is 10.2. The molecule has 1 rings (SSSR count). The Morgan fingerprint density at radius 2 is 1.83 bits per heavy atom. The topological polar surface area (TPSA) is 111 Å². The number of carboxylic acid groups (broad SMARTS) is 1. The minimum atomic E-state index is -1.15. The van der Waals surface area contributed by atoms with Crippen molar-refractivity contribution < 1.29 is 24.9 Å². The highest BCUT2D eigenvalue weighted by atomic mass is 16.4. The van der Waals surface area contributed by atoms with Crippen LogP contribution in [0, 0.1) is 0 Å². The van der Waals surface area contributed by atoms with E-state index in [0.717, 1.165) is 6.07 Å². The Bertz CT molecular complexity index is 429. The highest BCUT2D eigenvalue weighted by molar-refractivity contribution is 5.95. The van der Waals surface area contributed by atoms with E-state index in [9.17, 15) is 9.59 Å². The van der Waals surface area contributed by atoms with Crippen LogP contribution in [-0.4, -0.2) is 63.4 Å². The van der Waals surface area contributed by atoms with Crippen molar-refractivity contribution >= 4 is 11.9 Å². The molecule has 7 nitrogen and oxygen atoms in total. The van der Waals surface area contributed by atoms with E-state index in [1.807, 2.05) is 0 Å². The van der Waals surface area contributed by atoms with Crippen molar-refractivity contribution in [2.45, 2.75) is 0 Å². The summed E-state index contributed by atoms with van der Waals surface area (Å²) in [6.07, 6.45) is 1.23. The minimum Gasteiger partial charge on any atom is -0.478 e. The number of aliphatic hydroxyl groups excluding tert-OH is 2. The lowest BCUT2D eigenvalue weighted by molar-refractivity contribution is 0.0678. The van der Waals surface area contributed by atoms with Crippen LogP contribution in [0.25, 0.3) is 0 Å². The predicted octanol–water partition coefficient (Wildman–Crippen LogP) is -0.793. The maximum atomic E-state index is 11.9. The molecule has 1 amide bonds. The Kier molecular flexibility index (Phi) is 5.22. The SMILES string of the molecule is O=C(O)c1ccnc(C(=O)N(CCO)CCO)c1. The van der Waals surface area contributed by atoms with E-state index < -0.39 is 11.9 Å². The molecule has 0 aliphatic rings. The standard InChI is InChI=1S/C11H14N2O5/c14-5-3-13(4-6-15)10(16)9-7-8(11(17)18)1-2-12-9/h1-2,7,14-15H,3-6H2,(H,17,18). The summed E-state index contributed by atoms with van der Waals surface area (Å²) >= 11 is 0. The molecule has 0 aromatic carbocycles. The molecule has 0 fully saturated rings. The van der Waals surface area contributed by atoms with E-state index in [-0.39, 0.29) is 37.6 Å². The number of nitrogens with zero attached hydrogens (tertiary/aromatic N) is 2. The highest BCUT2D eigenvalue weighted by Gasteiger charge is 2.17. The molecule has 0 bridgehead atoms. The van der Waals surface area contributed by atoms with Crippen LogP contribution in [0.2, 0.25) is 0 Å². The van der Waals surface area contributed by atoms with Gasteiger partial charge in [-0.05, 0) is 12.1 Å². The molecule has 1 heterocycles. The van der Waals surface area contributed by atoms with Crippen LogP contribution in [0.15, 0.2) is 18.3 Å². The van der Waals surface area contributed by atoms with E-state index in [4.69, 9.17) is 15.3 Å². The third-order valence-electron chi connectivity index (χ3n) is 2.25. The van der Waals surface area contributed by atoms with Gasteiger partial charge in [0.25, 0.3) is 5.91 Å². The van der Waals surface area contributed by atoms with Gasteiger partial charge in [-0.25, -0.2) is 4.79 Å². The molecule has 0 aliphatic carbocycles. The molecule has 1 aromatic rings. The molecule has 0 unspecified atom stereocenters. The van der Waals surface area contributed by atoms with Gasteiger partial charge in [0.05, 0.1) is 18.8 Å². The summed E-state index contributed by atoms with van der Waals surface area (Å²) in [5.74, 6) is -1.68. The van der Waals surface area contributed by atoms with E-state index in [0.29, 0.717) is 0 Å². The smallest absolute Gasteiger partial charge is 0.335 e. The molecule has 1 aromatic heterocycles. The highest BCUT2D eigenvalue weighted by Crippen LogP contribution is 2.05. The molecule has 0 saturated heterocycles. The average molecular weight is 254 g/mol. The normalized spacial score (nSPS) is 10.1. The first-order valence-corrected chi connectivity index (χ1v) is 5.30. The Balaban J connectivity index is 2.93. The molecular weight excluding hydrogens is 240 g/mol. The van der Waals surface area contributed by atoms with Crippen LogP contribution in [0.3, 0.4) is 0 Å². The van der Waals surface area contributed by atoms with Gasteiger partial charge in [-0.15, -0.1) is 0 Å². The summed E-state index contributed by atoms with van der Waals surface area (Å²) in [7, 11) is 0. The number of carbonyl (C=O) groups excluding carboxylic acids is 1. The lowest BCUT2D eigenvalue weighted by Gasteiger charge is -2.20. The van der Waals surface area contributed by atoms with Crippen molar-refractivity contribution in [1.82, 2.24) is 9.88 Å². The quantitative estimate of drug-likeness (QED) is 0.613. The van der Waals surface area contributed by atoms with Gasteiger partial charge in [-0.2, -0.15) is 0 Å². The molecule has 7 heteroatoms. The first kappa shape index (κ1) is 14.1. The van der Waals surface area contributed by atoms with Crippen molar-refractivity contribution in [2.75, 3.05) is 26.3 Å². The number of aromatic carboxylic acids is 1. The van der Waals surface area contributed by atoms with Gasteiger partial charge in [0.2, 0.25) is 0 Å². The molecule has 98 valence electrons. The van der Waals surface area contributed by atoms with Gasteiger partial charge < -0.3 is 20.2 Å². The molecule has 0 aliphatic heterocycles. The Hall–Kier alpha value is -1.99. The van der Waals surface area contributed by atoms with E-state index >= 15 is 0 Å². The number of pyridine rings is 1. The number of carboxylic acids is 1. The average Bonchev–Trinajstić information content (AvgIpc) is 2.38. The molecule has 0 atom stereocenters. The summed E-state index contributed by atoms with van der Waals surface area (Å²) in [6.45, 7) is -0.383. The second kappa shape index (κ2) is 6.67. The summed E-state index contributed by atoms with van der Waals surface area (Å²) in [5, 5.41) is 26.4. The van der Waals surface area contributed by atoms with Gasteiger partial charge in [-0.1, -0.05) is 0 Å². The van der Waals surface area contributed by atoms with E-state index in [1.54, 1.807) is 0 Å². The van der Waals surface area contributed by atoms with Gasteiger partial charge in [0.15, 0.2) is 0 Å². The fraction of sp³-hybridized carbons (Fsp3) is 0.364. The number of hydrogen-bond acceptors (Lipinski definition) is 5. The largest absolute Gasteiger partial charge is 0.478 e. The fourth-order valence-corrected chi connectivity index (χ4v) is 1.40. The molecule has 3 N–H and O–H groups in total. The second-order valence-electron chi connectivity index (χ2n) is 3.47. The zero-order chi connectivity index (χ0) is 13.5. The van der Waals surface area contributed by atoms with E-state index in [1.165, 1.54) is 17.2 Å². The van der Waals surface area contributed by atoms with Crippen molar-refractivity contribution in [3.05, 3.63) is 29.6 Å². The van der Waals surface area contributed by atoms with Gasteiger partial charge in [-0.3, -0.25) is 9.78 Å². The Morgan fingerprint density at radius 3 is 2.33 bits per heavy atom. The molecular formula is C11H14N2O5. The number of aromatic nitrogens is 1. The fourth-order valence-electron chi connectivity index (χ4n) is 1.40. The first-order chi connectivity index (χ1) is 8.60. The van der Waals surface area contributed by atoms with Crippen LogP contribution < -0.4 is 0 Å². The van der Waals surface area contributed by atoms with Gasteiger partial charge >= 0.3 is 5.97 Å². The van der Waals surface area contributed by atoms with Crippen molar-refractivity contribution in [2.24, 2.45) is 0 Å². The molecule has 0 saturated carbocycles. The van der Waals surface area contributed by atoms with Crippen LogP contribution in [0.4, 0.5) is 0 Å². The summed E-state index contributed by atoms with van der Waals surface area (Å²) in [6, 6.07) is 2.44. The third-order valence-corrected chi connectivity index (χ3v) is 2.25. The predicted molar refractivity (Wildman–Crippen MR) is 61.3 cm³/mol. The van der Waals surface area contributed by atoms with E-state index in [2.05, 4.69) is 4.98 Å². The Labute approximate surface area is 103 Å². The molecule has 0 radical (unpaired) electrons. The minimum absolute atomic E-state index is 0.0307. The maximum Gasteiger partial charge on any atom is 0.335 e. The number of amides is 1. The van der Waals surface area contributed by atoms with Gasteiger partial charge in [0, 0.05) is 19.3 Å². The zero-order valence-electron chi connectivity index (χ0n) is 9.61. The molecule has 0 spiro atoms. The monoisotopic (exact) mass is 254 g/mol. The maximum absolute atomic E-state index is 11.9. The lowest BCUT2D eigenvalue weighted by Crippen LogP contribution is -2.36.